The fourth-order valence-electron chi connectivity index (χ4n) is 1.67. The topological polar surface area (TPSA) is 151 Å². The van der Waals surface area contributed by atoms with E-state index in [0.717, 1.165) is 0 Å². The number of carbonyl (C=O) groups excluding carboxylic acids is 3. The van der Waals surface area contributed by atoms with Gasteiger partial charge < -0.3 is 26.8 Å². The lowest BCUT2D eigenvalue weighted by molar-refractivity contribution is -0.138. The van der Waals surface area contributed by atoms with Crippen LogP contribution in [0, 0.1) is 5.92 Å². The molecule has 10 heteroatoms. The second kappa shape index (κ2) is 10.9. The van der Waals surface area contributed by atoms with Crippen LogP contribution in [0.3, 0.4) is 0 Å². The van der Waals surface area contributed by atoms with Crippen molar-refractivity contribution in [2.75, 3.05) is 12.3 Å². The van der Waals surface area contributed by atoms with E-state index < -0.39 is 48.4 Å². The molecule has 6 N–H and O–H groups in total. The number of carbonyl (C=O) groups is 4. The fourth-order valence-corrected chi connectivity index (χ4v) is 1.93. The number of rotatable bonds is 10. The van der Waals surface area contributed by atoms with Gasteiger partial charge in [-0.1, -0.05) is 20.3 Å². The van der Waals surface area contributed by atoms with Gasteiger partial charge in [0.25, 0.3) is 0 Å². The van der Waals surface area contributed by atoms with Gasteiger partial charge in [0.05, 0.1) is 6.04 Å². The predicted molar refractivity (Wildman–Crippen MR) is 91.5 cm³/mol. The quantitative estimate of drug-likeness (QED) is 0.260. The van der Waals surface area contributed by atoms with Crippen LogP contribution in [-0.4, -0.2) is 59.2 Å². The van der Waals surface area contributed by atoms with Crippen LogP contribution in [-0.2, 0) is 19.2 Å². The number of carboxylic acids is 1. The van der Waals surface area contributed by atoms with Crippen LogP contribution >= 0.6 is 12.6 Å². The Balaban J connectivity index is 4.61. The van der Waals surface area contributed by atoms with Crippen LogP contribution in [0.1, 0.15) is 27.2 Å². The smallest absolute Gasteiger partial charge is 0.322 e. The highest BCUT2D eigenvalue weighted by Gasteiger charge is 2.27. The van der Waals surface area contributed by atoms with Crippen molar-refractivity contribution in [3.05, 3.63) is 0 Å². The van der Waals surface area contributed by atoms with E-state index in [2.05, 4.69) is 28.6 Å². The molecule has 4 atom stereocenters. The summed E-state index contributed by atoms with van der Waals surface area (Å²) in [4.78, 5) is 46.2. The minimum absolute atomic E-state index is 0.0221. The summed E-state index contributed by atoms with van der Waals surface area (Å²) >= 11 is 4.02. The second-order valence-corrected chi connectivity index (χ2v) is 5.86. The monoisotopic (exact) mass is 362 g/mol. The van der Waals surface area contributed by atoms with Crippen LogP contribution in [0.2, 0.25) is 0 Å². The standard InChI is InChI=1S/C14H26N4O5S/c1-4-7(2)11(15)14(23)18-9(6-24)13(22)17-8(3)12(21)16-5-10(19)20/h7-9,11,24H,4-6,15H2,1-3H3,(H,16,21)(H,17,22)(H,18,23)(H,19,20). The molecule has 0 spiro atoms. The highest BCUT2D eigenvalue weighted by Crippen LogP contribution is 2.05. The van der Waals surface area contributed by atoms with E-state index in [-0.39, 0.29) is 11.7 Å². The van der Waals surface area contributed by atoms with Gasteiger partial charge in [-0.2, -0.15) is 12.6 Å². The molecule has 4 unspecified atom stereocenters. The lowest BCUT2D eigenvalue weighted by atomic mass is 9.99. The van der Waals surface area contributed by atoms with Gasteiger partial charge in [0.15, 0.2) is 0 Å². The Hall–Kier alpha value is -1.81. The van der Waals surface area contributed by atoms with E-state index in [0.29, 0.717) is 6.42 Å². The average molecular weight is 362 g/mol. The van der Waals surface area contributed by atoms with Crippen LogP contribution in [0.5, 0.6) is 0 Å². The number of hydrogen-bond acceptors (Lipinski definition) is 6. The molecule has 3 amide bonds. The second-order valence-electron chi connectivity index (χ2n) is 5.50. The summed E-state index contributed by atoms with van der Waals surface area (Å²) < 4.78 is 0. The number of hydrogen-bond donors (Lipinski definition) is 6. The van der Waals surface area contributed by atoms with Gasteiger partial charge in [0.1, 0.15) is 18.6 Å². The molecule has 0 saturated heterocycles. The molecular weight excluding hydrogens is 336 g/mol. The molecule has 0 rings (SSSR count). The van der Waals surface area contributed by atoms with Crippen molar-refractivity contribution >= 4 is 36.3 Å². The summed E-state index contributed by atoms with van der Waals surface area (Å²) in [6.07, 6.45) is 0.715. The third-order valence-corrected chi connectivity index (χ3v) is 3.91. The van der Waals surface area contributed by atoms with E-state index in [1.54, 1.807) is 0 Å². The normalized spacial score (nSPS) is 15.5. The van der Waals surface area contributed by atoms with E-state index in [1.165, 1.54) is 6.92 Å². The van der Waals surface area contributed by atoms with Gasteiger partial charge in [-0.05, 0) is 12.8 Å². The Kier molecular flexibility index (Phi) is 10.0. The molecular formula is C14H26N4O5S. The molecule has 0 aromatic heterocycles. The summed E-state index contributed by atoms with van der Waals surface area (Å²) in [5.74, 6) is -2.94. The summed E-state index contributed by atoms with van der Waals surface area (Å²) in [6.45, 7) is 4.58. The SMILES string of the molecule is CCC(C)C(N)C(=O)NC(CS)C(=O)NC(C)C(=O)NCC(=O)O. The number of aliphatic carboxylic acids is 1. The third kappa shape index (κ3) is 7.64. The number of thiol groups is 1. The van der Waals surface area contributed by atoms with Gasteiger partial charge in [-0.3, -0.25) is 19.2 Å². The molecule has 138 valence electrons. The van der Waals surface area contributed by atoms with Crippen molar-refractivity contribution in [1.82, 2.24) is 16.0 Å². The van der Waals surface area contributed by atoms with E-state index >= 15 is 0 Å². The Morgan fingerprint density at radius 2 is 1.67 bits per heavy atom. The lowest BCUT2D eigenvalue weighted by Gasteiger charge is -2.23. The molecule has 24 heavy (non-hydrogen) atoms. The molecule has 0 aromatic rings. The van der Waals surface area contributed by atoms with Crippen LogP contribution < -0.4 is 21.7 Å². The van der Waals surface area contributed by atoms with E-state index in [9.17, 15) is 19.2 Å². The Labute approximate surface area is 146 Å². The highest BCUT2D eigenvalue weighted by molar-refractivity contribution is 7.80. The zero-order valence-electron chi connectivity index (χ0n) is 14.0. The summed E-state index contributed by atoms with van der Waals surface area (Å²) in [6, 6.07) is -2.66. The summed E-state index contributed by atoms with van der Waals surface area (Å²) in [5.41, 5.74) is 5.80. The molecule has 0 bridgehead atoms. The van der Waals surface area contributed by atoms with Gasteiger partial charge >= 0.3 is 5.97 Å². The molecule has 0 aromatic carbocycles. The first-order chi connectivity index (χ1) is 11.1. The van der Waals surface area contributed by atoms with Gasteiger partial charge in [0.2, 0.25) is 17.7 Å². The van der Waals surface area contributed by atoms with E-state index in [1.807, 2.05) is 13.8 Å². The van der Waals surface area contributed by atoms with Crippen molar-refractivity contribution in [1.29, 1.82) is 0 Å². The number of carboxylic acid groups (broad SMARTS) is 1. The van der Waals surface area contributed by atoms with Crippen LogP contribution in [0.25, 0.3) is 0 Å². The van der Waals surface area contributed by atoms with Gasteiger partial charge in [-0.15, -0.1) is 0 Å². The summed E-state index contributed by atoms with van der Waals surface area (Å²) in [7, 11) is 0. The summed E-state index contributed by atoms with van der Waals surface area (Å²) in [5, 5.41) is 15.5. The molecule has 0 saturated carbocycles. The zero-order valence-corrected chi connectivity index (χ0v) is 14.9. The first-order valence-electron chi connectivity index (χ1n) is 7.60. The average Bonchev–Trinajstić information content (AvgIpc) is 2.55. The minimum Gasteiger partial charge on any atom is -0.480 e. The zero-order chi connectivity index (χ0) is 18.9. The maximum atomic E-state index is 12.1. The van der Waals surface area contributed by atoms with E-state index in [4.69, 9.17) is 10.8 Å². The number of nitrogens with one attached hydrogen (secondary N) is 3. The molecule has 0 aliphatic carbocycles. The largest absolute Gasteiger partial charge is 0.480 e. The number of amides is 3. The molecule has 9 nitrogen and oxygen atoms in total. The van der Waals surface area contributed by atoms with Crippen molar-refractivity contribution in [3.63, 3.8) is 0 Å². The third-order valence-electron chi connectivity index (χ3n) is 3.54. The molecule has 0 aliphatic rings. The molecule has 0 heterocycles. The Bertz CT molecular complexity index is 474. The fraction of sp³-hybridized carbons (Fsp3) is 0.714. The van der Waals surface area contributed by atoms with Gasteiger partial charge in [0, 0.05) is 5.75 Å². The van der Waals surface area contributed by atoms with Crippen LogP contribution in [0.4, 0.5) is 0 Å². The van der Waals surface area contributed by atoms with Gasteiger partial charge in [-0.25, -0.2) is 0 Å². The molecule has 0 aliphatic heterocycles. The maximum absolute atomic E-state index is 12.1. The van der Waals surface area contributed by atoms with Crippen molar-refractivity contribution in [2.45, 2.75) is 45.3 Å². The lowest BCUT2D eigenvalue weighted by Crippen LogP contribution is -2.56. The number of nitrogens with two attached hydrogens (primary N) is 1. The molecule has 0 radical (unpaired) electrons. The first-order valence-corrected chi connectivity index (χ1v) is 8.23. The minimum atomic E-state index is -1.19. The Morgan fingerprint density at radius 3 is 2.12 bits per heavy atom. The predicted octanol–water partition coefficient (Wildman–Crippen LogP) is -1.52. The van der Waals surface area contributed by atoms with Crippen molar-refractivity contribution < 1.29 is 24.3 Å². The maximum Gasteiger partial charge on any atom is 0.322 e. The van der Waals surface area contributed by atoms with Crippen LogP contribution in [0.15, 0.2) is 0 Å². The van der Waals surface area contributed by atoms with Crippen molar-refractivity contribution in [3.8, 4) is 0 Å². The Morgan fingerprint density at radius 1 is 1.08 bits per heavy atom. The first kappa shape index (κ1) is 22.2. The highest BCUT2D eigenvalue weighted by atomic mass is 32.1. The molecule has 0 fully saturated rings. The van der Waals surface area contributed by atoms with Crippen molar-refractivity contribution in [2.24, 2.45) is 11.7 Å².